The van der Waals surface area contributed by atoms with Crippen LogP contribution in [0.5, 0.6) is 0 Å². The lowest BCUT2D eigenvalue weighted by Gasteiger charge is -2.50. The SMILES string of the molecule is CO/C1=C\C(C)=C\[C@@H](C)[C@@H](OC(C)=O)[C@@H](C)C/C(C)=C/C=C/[C@H](OC)[C@@H]([C@@H](C)[C@@H](O)[C@H](C)[C@@]2(O)C[C@@H](OC)[C@H](C)[C@@H](C(C)C)O2)OC1=O. The van der Waals surface area contributed by atoms with E-state index in [0.29, 0.717) is 6.42 Å². The van der Waals surface area contributed by atoms with E-state index in [4.69, 9.17) is 28.4 Å². The monoisotopic (exact) mass is 678 g/mol. The molecule has 2 rings (SSSR count). The van der Waals surface area contributed by atoms with Crippen molar-refractivity contribution in [3.63, 3.8) is 0 Å². The van der Waals surface area contributed by atoms with E-state index in [2.05, 4.69) is 0 Å². The minimum atomic E-state index is -1.69. The van der Waals surface area contributed by atoms with Gasteiger partial charge in [-0.2, -0.15) is 0 Å². The molecule has 2 heterocycles. The van der Waals surface area contributed by atoms with Gasteiger partial charge in [-0.1, -0.05) is 83.9 Å². The molecule has 0 saturated carbocycles. The van der Waals surface area contributed by atoms with Crippen molar-refractivity contribution in [2.45, 2.75) is 124 Å². The standard InChI is InChI=1S/C38H62O10/c1-21(2)34-26(7)32(45-13)20-38(42,48-34)28(9)33(40)27(8)36-30(43-11)16-14-15-22(3)17-24(5)35(46-29(10)39)25(6)18-23(4)19-31(44-12)37(41)47-36/h14-16,18-19,21,24-28,30,32-36,40,42H,17,20H2,1-13H3/b16-14+,22-15+,23-18+,31-19-/t24-,25+,26-,27-,28-,30-,32+,33+,34+,35-,36+,38+/m0/s1. The van der Waals surface area contributed by atoms with Gasteiger partial charge in [0.1, 0.15) is 18.3 Å². The average molecular weight is 679 g/mol. The molecule has 0 amide bonds. The number of methoxy groups -OCH3 is 3. The lowest BCUT2D eigenvalue weighted by molar-refractivity contribution is -0.330. The average Bonchev–Trinajstić information content (AvgIpc) is 3.02. The maximum Gasteiger partial charge on any atom is 0.373 e. The third-order valence-corrected chi connectivity index (χ3v) is 10.0. The second-order valence-corrected chi connectivity index (χ2v) is 14.4. The van der Waals surface area contributed by atoms with Gasteiger partial charge in [-0.25, -0.2) is 4.79 Å². The van der Waals surface area contributed by atoms with Crippen LogP contribution in [-0.4, -0.2) is 85.9 Å². The summed E-state index contributed by atoms with van der Waals surface area (Å²) in [4.78, 5) is 25.7. The zero-order valence-corrected chi connectivity index (χ0v) is 31.4. The van der Waals surface area contributed by atoms with Crippen molar-refractivity contribution < 1.29 is 48.2 Å². The van der Waals surface area contributed by atoms with Crippen LogP contribution >= 0.6 is 0 Å². The van der Waals surface area contributed by atoms with E-state index in [1.54, 1.807) is 33.1 Å². The Morgan fingerprint density at radius 3 is 2.23 bits per heavy atom. The molecule has 0 aromatic heterocycles. The van der Waals surface area contributed by atoms with Crippen LogP contribution in [0.1, 0.15) is 82.1 Å². The number of cyclic esters (lactones) is 1. The maximum absolute atomic E-state index is 13.7. The third kappa shape index (κ3) is 10.7. The number of aliphatic hydroxyl groups is 2. The molecule has 0 radical (unpaired) electrons. The number of hydrogen-bond acceptors (Lipinski definition) is 10. The van der Waals surface area contributed by atoms with Gasteiger partial charge in [0, 0.05) is 51.2 Å². The minimum absolute atomic E-state index is 0.00719. The fourth-order valence-electron chi connectivity index (χ4n) is 7.23. The summed E-state index contributed by atoms with van der Waals surface area (Å²) in [5.41, 5.74) is 1.78. The van der Waals surface area contributed by atoms with Crippen LogP contribution in [-0.2, 0) is 38.0 Å². The highest BCUT2D eigenvalue weighted by Crippen LogP contribution is 2.42. The lowest BCUT2D eigenvalue weighted by atomic mass is 9.76. The molecule has 0 spiro atoms. The Morgan fingerprint density at radius 2 is 1.69 bits per heavy atom. The van der Waals surface area contributed by atoms with Gasteiger partial charge < -0.3 is 38.6 Å². The van der Waals surface area contributed by atoms with Crippen LogP contribution in [0, 0.1) is 35.5 Å². The number of rotatable bonds is 9. The molecular weight excluding hydrogens is 616 g/mol. The molecule has 0 aromatic rings. The summed E-state index contributed by atoms with van der Waals surface area (Å²) in [6, 6.07) is 0. The van der Waals surface area contributed by atoms with E-state index in [0.717, 1.165) is 11.1 Å². The molecule has 1 fully saturated rings. The number of allylic oxidation sites excluding steroid dienone is 5. The molecule has 0 aromatic carbocycles. The van der Waals surface area contributed by atoms with Crippen molar-refractivity contribution in [2.24, 2.45) is 35.5 Å². The molecule has 0 bridgehead atoms. The zero-order chi connectivity index (χ0) is 36.5. The molecule has 2 aliphatic rings. The van der Waals surface area contributed by atoms with Gasteiger partial charge in [-0.05, 0) is 38.2 Å². The number of carbonyl (C=O) groups is 2. The topological polar surface area (TPSA) is 130 Å². The molecule has 274 valence electrons. The van der Waals surface area contributed by atoms with Crippen molar-refractivity contribution in [1.29, 1.82) is 0 Å². The Morgan fingerprint density at radius 1 is 1.04 bits per heavy atom. The summed E-state index contributed by atoms with van der Waals surface area (Å²) in [6.07, 6.45) is 6.10. The van der Waals surface area contributed by atoms with E-state index >= 15 is 0 Å². The fourth-order valence-corrected chi connectivity index (χ4v) is 7.23. The first-order chi connectivity index (χ1) is 22.4. The normalized spacial score (nSPS) is 38.6. The molecule has 0 aliphatic carbocycles. The number of aliphatic hydroxyl groups excluding tert-OH is 1. The quantitative estimate of drug-likeness (QED) is 0.284. The van der Waals surface area contributed by atoms with Gasteiger partial charge in [0.05, 0.1) is 25.4 Å². The van der Waals surface area contributed by atoms with Gasteiger partial charge in [0.2, 0.25) is 5.76 Å². The van der Waals surface area contributed by atoms with E-state index < -0.39 is 41.9 Å². The highest BCUT2D eigenvalue weighted by atomic mass is 16.6. The van der Waals surface area contributed by atoms with Crippen LogP contribution in [0.4, 0.5) is 0 Å². The predicted molar refractivity (Wildman–Crippen MR) is 184 cm³/mol. The third-order valence-electron chi connectivity index (χ3n) is 10.0. The highest BCUT2D eigenvalue weighted by molar-refractivity contribution is 5.87. The summed E-state index contributed by atoms with van der Waals surface area (Å²) < 4.78 is 35.2. The number of carbonyl (C=O) groups excluding carboxylic acids is 2. The van der Waals surface area contributed by atoms with Crippen molar-refractivity contribution in [3.05, 3.63) is 47.3 Å². The molecule has 10 nitrogen and oxygen atoms in total. The fraction of sp³-hybridized carbons (Fsp3) is 0.737. The zero-order valence-electron chi connectivity index (χ0n) is 31.4. The molecule has 0 unspecified atom stereocenters. The number of hydrogen-bond donors (Lipinski definition) is 2. The summed E-state index contributed by atoms with van der Waals surface area (Å²) in [5.74, 6) is -4.32. The number of esters is 2. The van der Waals surface area contributed by atoms with Crippen LogP contribution in [0.25, 0.3) is 0 Å². The molecule has 2 aliphatic heterocycles. The summed E-state index contributed by atoms with van der Waals surface area (Å²) >= 11 is 0. The van der Waals surface area contributed by atoms with Gasteiger partial charge in [-0.15, -0.1) is 0 Å². The van der Waals surface area contributed by atoms with Gasteiger partial charge in [0.15, 0.2) is 5.79 Å². The summed E-state index contributed by atoms with van der Waals surface area (Å²) in [7, 11) is 4.52. The minimum Gasteiger partial charge on any atom is -0.490 e. The van der Waals surface area contributed by atoms with Gasteiger partial charge >= 0.3 is 11.9 Å². The second kappa shape index (κ2) is 18.5. The maximum atomic E-state index is 13.7. The predicted octanol–water partition coefficient (Wildman–Crippen LogP) is 5.92. The van der Waals surface area contributed by atoms with E-state index in [1.807, 2.05) is 66.7 Å². The number of ether oxygens (including phenoxy) is 6. The van der Waals surface area contributed by atoms with Crippen LogP contribution in [0.15, 0.2) is 47.3 Å². The van der Waals surface area contributed by atoms with Crippen molar-refractivity contribution in [3.8, 4) is 0 Å². The summed E-state index contributed by atoms with van der Waals surface area (Å²) in [6.45, 7) is 18.9. The molecule has 48 heavy (non-hydrogen) atoms. The Balaban J connectivity index is 2.56. The smallest absolute Gasteiger partial charge is 0.373 e. The first-order valence-electron chi connectivity index (χ1n) is 17.2. The van der Waals surface area contributed by atoms with E-state index in [-0.39, 0.29) is 60.1 Å². The largest absolute Gasteiger partial charge is 0.490 e. The van der Waals surface area contributed by atoms with Crippen molar-refractivity contribution in [1.82, 2.24) is 0 Å². The van der Waals surface area contributed by atoms with Crippen molar-refractivity contribution in [2.75, 3.05) is 21.3 Å². The van der Waals surface area contributed by atoms with E-state index in [9.17, 15) is 19.8 Å². The van der Waals surface area contributed by atoms with Gasteiger partial charge in [-0.3, -0.25) is 4.79 Å². The Hall–Kier alpha value is -2.50. The molecule has 1 saturated heterocycles. The summed E-state index contributed by atoms with van der Waals surface area (Å²) in [5, 5.41) is 23.7. The van der Waals surface area contributed by atoms with Crippen LogP contribution in [0.3, 0.4) is 0 Å². The first-order valence-corrected chi connectivity index (χ1v) is 17.2. The molecule has 10 heteroatoms. The Labute approximate surface area is 288 Å². The van der Waals surface area contributed by atoms with E-state index in [1.165, 1.54) is 21.1 Å². The van der Waals surface area contributed by atoms with Crippen LogP contribution < -0.4 is 0 Å². The molecular formula is C38H62O10. The van der Waals surface area contributed by atoms with Crippen LogP contribution in [0.2, 0.25) is 0 Å². The van der Waals surface area contributed by atoms with Crippen molar-refractivity contribution >= 4 is 11.9 Å². The first kappa shape index (κ1) is 41.7. The van der Waals surface area contributed by atoms with Gasteiger partial charge in [0.25, 0.3) is 0 Å². The second-order valence-electron chi connectivity index (χ2n) is 14.4. The molecule has 2 N–H and O–H groups in total. The highest BCUT2D eigenvalue weighted by Gasteiger charge is 2.52. The lowest BCUT2D eigenvalue weighted by Crippen LogP contribution is -2.59. The molecule has 12 atom stereocenters. The Bertz CT molecular complexity index is 1190. The Kier molecular flexibility index (Phi) is 16.0.